The number of aryl methyl sites for hydroxylation is 1. The third-order valence-electron chi connectivity index (χ3n) is 3.86. The minimum atomic E-state index is -0.994. The number of rotatable bonds is 7. The Balaban J connectivity index is 2.30. The minimum absolute atomic E-state index is 0.237. The van der Waals surface area contributed by atoms with Crippen LogP contribution in [0.15, 0.2) is 36.4 Å². The number of halogens is 1. The van der Waals surface area contributed by atoms with Crippen LogP contribution in [0.5, 0.6) is 11.5 Å². The molecule has 0 spiro atoms. The largest absolute Gasteiger partial charge is 0.493 e. The molecular formula is C19H21FO4. The summed E-state index contributed by atoms with van der Waals surface area (Å²) in [6.07, 6.45) is 0.237. The Bertz CT molecular complexity index is 727. The zero-order valence-corrected chi connectivity index (χ0v) is 14.0. The molecule has 0 saturated heterocycles. The van der Waals surface area contributed by atoms with Crippen molar-refractivity contribution in [1.29, 1.82) is 0 Å². The standard InChI is InChI=1S/C19H21FO4/c1-4-24-17-8-6-13(10-18(17)23-3)9-15(19(21)22)14-7-5-12(2)16(20)11-14/h5-8,10-11,15H,4,9H2,1-3H3,(H,21,22). The Kier molecular flexibility index (Phi) is 5.79. The number of carbonyl (C=O) groups is 1. The Labute approximate surface area is 140 Å². The number of methoxy groups -OCH3 is 1. The van der Waals surface area contributed by atoms with Gasteiger partial charge in [-0.2, -0.15) is 0 Å². The fourth-order valence-electron chi connectivity index (χ4n) is 2.52. The van der Waals surface area contributed by atoms with Crippen LogP contribution >= 0.6 is 0 Å². The van der Waals surface area contributed by atoms with Crippen LogP contribution in [0.1, 0.15) is 29.5 Å². The molecule has 5 heteroatoms. The molecule has 0 radical (unpaired) electrons. The van der Waals surface area contributed by atoms with Gasteiger partial charge in [0.1, 0.15) is 5.82 Å². The second-order valence-electron chi connectivity index (χ2n) is 5.52. The Morgan fingerprint density at radius 3 is 2.54 bits per heavy atom. The molecule has 128 valence electrons. The van der Waals surface area contributed by atoms with E-state index in [1.165, 1.54) is 13.2 Å². The molecule has 0 saturated carbocycles. The summed E-state index contributed by atoms with van der Waals surface area (Å²) in [6, 6.07) is 9.86. The summed E-state index contributed by atoms with van der Waals surface area (Å²) < 4.78 is 24.5. The van der Waals surface area contributed by atoms with Crippen molar-refractivity contribution < 1.29 is 23.8 Å². The zero-order chi connectivity index (χ0) is 17.7. The van der Waals surface area contributed by atoms with E-state index in [2.05, 4.69) is 0 Å². The number of hydrogen-bond donors (Lipinski definition) is 1. The maximum Gasteiger partial charge on any atom is 0.311 e. The first-order valence-electron chi connectivity index (χ1n) is 7.74. The van der Waals surface area contributed by atoms with E-state index in [-0.39, 0.29) is 6.42 Å². The Morgan fingerprint density at radius 2 is 1.96 bits per heavy atom. The molecule has 0 fully saturated rings. The van der Waals surface area contributed by atoms with Crippen LogP contribution < -0.4 is 9.47 Å². The van der Waals surface area contributed by atoms with Gasteiger partial charge in [0.05, 0.1) is 19.6 Å². The highest BCUT2D eigenvalue weighted by molar-refractivity contribution is 5.76. The fraction of sp³-hybridized carbons (Fsp3) is 0.316. The molecule has 0 aliphatic rings. The van der Waals surface area contributed by atoms with Gasteiger partial charge >= 0.3 is 5.97 Å². The van der Waals surface area contributed by atoms with Crippen LogP contribution in [0.4, 0.5) is 4.39 Å². The highest BCUT2D eigenvalue weighted by atomic mass is 19.1. The van der Waals surface area contributed by atoms with E-state index in [0.717, 1.165) is 5.56 Å². The van der Waals surface area contributed by atoms with Crippen molar-refractivity contribution in [2.24, 2.45) is 0 Å². The topological polar surface area (TPSA) is 55.8 Å². The predicted molar refractivity (Wildman–Crippen MR) is 89.4 cm³/mol. The van der Waals surface area contributed by atoms with Gasteiger partial charge in [0.15, 0.2) is 11.5 Å². The average Bonchev–Trinajstić information content (AvgIpc) is 2.56. The summed E-state index contributed by atoms with van der Waals surface area (Å²) in [5, 5.41) is 9.54. The lowest BCUT2D eigenvalue weighted by Gasteiger charge is -2.15. The Hall–Kier alpha value is -2.56. The summed E-state index contributed by atoms with van der Waals surface area (Å²) in [6.45, 7) is 4.03. The number of carboxylic acid groups (broad SMARTS) is 1. The molecule has 0 amide bonds. The number of hydrogen-bond acceptors (Lipinski definition) is 3. The van der Waals surface area contributed by atoms with E-state index in [9.17, 15) is 14.3 Å². The predicted octanol–water partition coefficient (Wildman–Crippen LogP) is 3.95. The lowest BCUT2D eigenvalue weighted by atomic mass is 9.91. The first-order chi connectivity index (χ1) is 11.5. The molecule has 4 nitrogen and oxygen atoms in total. The summed E-state index contributed by atoms with van der Waals surface area (Å²) >= 11 is 0. The molecule has 0 heterocycles. The highest BCUT2D eigenvalue weighted by Gasteiger charge is 2.22. The maximum atomic E-state index is 13.8. The van der Waals surface area contributed by atoms with Crippen molar-refractivity contribution in [3.63, 3.8) is 0 Å². The quantitative estimate of drug-likeness (QED) is 0.834. The van der Waals surface area contributed by atoms with Crippen LogP contribution in [-0.2, 0) is 11.2 Å². The highest BCUT2D eigenvalue weighted by Crippen LogP contribution is 2.31. The third kappa shape index (κ3) is 4.04. The van der Waals surface area contributed by atoms with Gasteiger partial charge in [0.25, 0.3) is 0 Å². The van der Waals surface area contributed by atoms with Crippen molar-refractivity contribution in [1.82, 2.24) is 0 Å². The summed E-state index contributed by atoms with van der Waals surface area (Å²) in [5.41, 5.74) is 1.72. The van der Waals surface area contributed by atoms with Crippen molar-refractivity contribution in [2.45, 2.75) is 26.2 Å². The monoisotopic (exact) mass is 332 g/mol. The van der Waals surface area contributed by atoms with E-state index in [4.69, 9.17) is 9.47 Å². The normalized spacial score (nSPS) is 11.8. The van der Waals surface area contributed by atoms with Crippen LogP contribution in [0.2, 0.25) is 0 Å². The molecule has 2 rings (SSSR count). The molecule has 0 aliphatic carbocycles. The lowest BCUT2D eigenvalue weighted by Crippen LogP contribution is -2.15. The SMILES string of the molecule is CCOc1ccc(CC(C(=O)O)c2ccc(C)c(F)c2)cc1OC. The molecule has 1 unspecified atom stereocenters. The summed E-state index contributed by atoms with van der Waals surface area (Å²) in [4.78, 5) is 11.6. The second-order valence-corrected chi connectivity index (χ2v) is 5.52. The summed E-state index contributed by atoms with van der Waals surface area (Å²) in [7, 11) is 1.53. The number of benzene rings is 2. The van der Waals surface area contributed by atoms with Crippen molar-refractivity contribution in [3.8, 4) is 11.5 Å². The van der Waals surface area contributed by atoms with Gasteiger partial charge in [-0.1, -0.05) is 18.2 Å². The molecule has 0 aromatic heterocycles. The van der Waals surface area contributed by atoms with Gasteiger partial charge in [0, 0.05) is 0 Å². The molecular weight excluding hydrogens is 311 g/mol. The van der Waals surface area contributed by atoms with Gasteiger partial charge in [-0.3, -0.25) is 4.79 Å². The molecule has 1 N–H and O–H groups in total. The second kappa shape index (κ2) is 7.81. The third-order valence-corrected chi connectivity index (χ3v) is 3.86. The lowest BCUT2D eigenvalue weighted by molar-refractivity contribution is -0.138. The van der Waals surface area contributed by atoms with Gasteiger partial charge in [-0.15, -0.1) is 0 Å². The van der Waals surface area contributed by atoms with Crippen LogP contribution in [0.25, 0.3) is 0 Å². The minimum Gasteiger partial charge on any atom is -0.493 e. The van der Waals surface area contributed by atoms with E-state index in [1.807, 2.05) is 6.92 Å². The zero-order valence-electron chi connectivity index (χ0n) is 14.0. The van der Waals surface area contributed by atoms with Crippen LogP contribution in [0.3, 0.4) is 0 Å². The van der Waals surface area contributed by atoms with E-state index >= 15 is 0 Å². The molecule has 1 atom stereocenters. The smallest absolute Gasteiger partial charge is 0.311 e. The Morgan fingerprint density at radius 1 is 1.21 bits per heavy atom. The van der Waals surface area contributed by atoms with Gasteiger partial charge in [-0.25, -0.2) is 4.39 Å². The van der Waals surface area contributed by atoms with Gasteiger partial charge in [0.2, 0.25) is 0 Å². The first kappa shape index (κ1) is 17.8. The molecule has 24 heavy (non-hydrogen) atoms. The molecule has 0 aliphatic heterocycles. The number of ether oxygens (including phenoxy) is 2. The summed E-state index contributed by atoms with van der Waals surface area (Å²) in [5.74, 6) is -1.07. The number of carboxylic acids is 1. The molecule has 0 bridgehead atoms. The maximum absolute atomic E-state index is 13.8. The first-order valence-corrected chi connectivity index (χ1v) is 7.74. The van der Waals surface area contributed by atoms with Crippen molar-refractivity contribution in [2.75, 3.05) is 13.7 Å². The van der Waals surface area contributed by atoms with Crippen molar-refractivity contribution in [3.05, 3.63) is 58.9 Å². The fourth-order valence-corrected chi connectivity index (χ4v) is 2.52. The average molecular weight is 332 g/mol. The van der Waals surface area contributed by atoms with Crippen LogP contribution in [0, 0.1) is 12.7 Å². The van der Waals surface area contributed by atoms with Crippen molar-refractivity contribution >= 4 is 5.97 Å². The number of aliphatic carboxylic acids is 1. The molecule has 2 aromatic carbocycles. The van der Waals surface area contributed by atoms with E-state index in [0.29, 0.717) is 29.2 Å². The van der Waals surface area contributed by atoms with Gasteiger partial charge in [-0.05, 0) is 55.2 Å². The van der Waals surface area contributed by atoms with Crippen LogP contribution in [-0.4, -0.2) is 24.8 Å². The van der Waals surface area contributed by atoms with Gasteiger partial charge < -0.3 is 14.6 Å². The van der Waals surface area contributed by atoms with E-state index in [1.54, 1.807) is 37.3 Å². The molecule has 2 aromatic rings. The van der Waals surface area contributed by atoms with E-state index < -0.39 is 17.7 Å².